The van der Waals surface area contributed by atoms with Crippen molar-refractivity contribution >= 4 is 20.8 Å². The van der Waals surface area contributed by atoms with Gasteiger partial charge in [0.25, 0.3) is 0 Å². The van der Waals surface area contributed by atoms with Gasteiger partial charge in [0.1, 0.15) is 0 Å². The fraction of sp³-hybridized carbons (Fsp3) is 0.667. The van der Waals surface area contributed by atoms with Crippen LogP contribution in [0.15, 0.2) is 11.0 Å². The van der Waals surface area contributed by atoms with Gasteiger partial charge in [-0.3, -0.25) is 0 Å². The summed E-state index contributed by atoms with van der Waals surface area (Å²) in [5.41, 5.74) is 11.5. The number of hydrogen-bond donors (Lipinski definition) is 4. The average molecular weight is 363 g/mol. The van der Waals surface area contributed by atoms with E-state index in [4.69, 9.17) is 21.3 Å². The van der Waals surface area contributed by atoms with E-state index in [1.165, 1.54) is 4.57 Å². The molecule has 118 valence electrons. The molecule has 0 saturated carbocycles. The Hall–Kier alpha value is -0.961. The molecule has 0 unspecified atom stereocenters. The minimum absolute atomic E-state index is 0.229. The van der Waals surface area contributed by atoms with Crippen molar-refractivity contribution in [1.29, 1.82) is 0 Å². The van der Waals surface area contributed by atoms with E-state index in [0.29, 0.717) is 21.5 Å². The predicted molar refractivity (Wildman–Crippen MR) is 77.8 cm³/mol. The predicted octanol–water partition coefficient (Wildman–Crippen LogP) is -1.95. The van der Waals surface area contributed by atoms with Crippen molar-refractivity contribution in [2.24, 2.45) is 5.73 Å². The number of nitrogen functional groups attached to an aromatic ring is 1. The Morgan fingerprint density at radius 3 is 2.95 bits per heavy atom. The van der Waals surface area contributed by atoms with Gasteiger partial charge in [-0.2, -0.15) is 0 Å². The Balaban J connectivity index is 2.19. The summed E-state index contributed by atoms with van der Waals surface area (Å²) >= 11 is 0.302. The molecule has 1 fully saturated rings. The Morgan fingerprint density at radius 2 is 2.33 bits per heavy atom. The number of aliphatic hydroxyl groups is 2. The zero-order chi connectivity index (χ0) is 15.4. The van der Waals surface area contributed by atoms with E-state index < -0.39 is 24.1 Å². The third kappa shape index (κ3) is 3.82. The fourth-order valence-electron chi connectivity index (χ4n) is 2.16. The van der Waals surface area contributed by atoms with E-state index in [1.807, 2.05) is 0 Å². The summed E-state index contributed by atoms with van der Waals surface area (Å²) in [6, 6.07) is 0. The molecule has 8 nitrogen and oxygen atoms in total. The molecule has 9 heteroatoms. The Morgan fingerprint density at radius 1 is 1.57 bits per heavy atom. The van der Waals surface area contributed by atoms with Crippen molar-refractivity contribution in [1.82, 2.24) is 9.55 Å². The van der Waals surface area contributed by atoms with Gasteiger partial charge < -0.3 is 0 Å². The first-order valence-electron chi connectivity index (χ1n) is 6.66. The second-order valence-corrected chi connectivity index (χ2v) is 7.12. The van der Waals surface area contributed by atoms with Crippen LogP contribution in [0.5, 0.6) is 0 Å². The summed E-state index contributed by atoms with van der Waals surface area (Å²) in [6.07, 6.45) is -0.221. The molecule has 0 aromatic carbocycles. The van der Waals surface area contributed by atoms with Crippen LogP contribution in [0.3, 0.4) is 0 Å². The van der Waals surface area contributed by atoms with E-state index in [0.717, 1.165) is 16.2 Å². The zero-order valence-corrected chi connectivity index (χ0v) is 13.2. The van der Waals surface area contributed by atoms with E-state index in [2.05, 4.69) is 4.98 Å². The standard InChI is InChI=1S/C12H20N4O4Se/c13-1-2-21-6-7-4-16(12(19)15-11(7)14)10-3-8(18)9(5-17)20-10/h4,8-10,17-18H,1-3,5-6,13H2,(H2,14,15,19)/t8-,9+,10+/m0/s1. The molecule has 0 radical (unpaired) electrons. The first kappa shape index (κ1) is 16.4. The molecule has 0 spiro atoms. The molecule has 0 aliphatic carbocycles. The number of nitrogens with two attached hydrogens (primary N) is 2. The molecule has 3 atom stereocenters. The van der Waals surface area contributed by atoms with Gasteiger partial charge in [-0.1, -0.05) is 0 Å². The quantitative estimate of drug-likeness (QED) is 0.340. The SMILES string of the molecule is NCC[Se]Cc1cn([C@H]2C[C@H](O)[C@@H](CO)O2)c(=O)nc1N. The fourth-order valence-corrected chi connectivity index (χ4v) is 3.74. The van der Waals surface area contributed by atoms with Gasteiger partial charge >= 0.3 is 128 Å². The third-order valence-electron chi connectivity index (χ3n) is 3.28. The Labute approximate surface area is 128 Å². The van der Waals surface area contributed by atoms with Crippen molar-refractivity contribution in [2.45, 2.75) is 35.5 Å². The van der Waals surface area contributed by atoms with Crippen LogP contribution in [0.1, 0.15) is 18.2 Å². The molecule has 0 bridgehead atoms. The van der Waals surface area contributed by atoms with Gasteiger partial charge in [0.2, 0.25) is 0 Å². The summed E-state index contributed by atoms with van der Waals surface area (Å²) < 4.78 is 6.81. The molecule has 6 N–H and O–H groups in total. The van der Waals surface area contributed by atoms with Crippen molar-refractivity contribution in [3.8, 4) is 0 Å². The van der Waals surface area contributed by atoms with Crippen molar-refractivity contribution in [2.75, 3.05) is 18.9 Å². The summed E-state index contributed by atoms with van der Waals surface area (Å²) in [4.78, 5) is 15.8. The third-order valence-corrected chi connectivity index (χ3v) is 5.46. The van der Waals surface area contributed by atoms with Crippen molar-refractivity contribution in [3.63, 3.8) is 0 Å². The normalized spacial score (nSPS) is 25.4. The molecular weight excluding hydrogens is 343 g/mol. The van der Waals surface area contributed by atoms with Crippen LogP contribution in [0.2, 0.25) is 5.32 Å². The molecule has 1 aliphatic rings. The zero-order valence-electron chi connectivity index (χ0n) is 11.5. The number of aromatic nitrogens is 2. The van der Waals surface area contributed by atoms with E-state index >= 15 is 0 Å². The van der Waals surface area contributed by atoms with Gasteiger partial charge in [0.15, 0.2) is 0 Å². The minimum atomic E-state index is -0.797. The van der Waals surface area contributed by atoms with Crippen LogP contribution >= 0.6 is 0 Å². The number of rotatable bonds is 6. The van der Waals surface area contributed by atoms with Gasteiger partial charge in [-0.25, -0.2) is 0 Å². The molecule has 0 amide bonds. The monoisotopic (exact) mass is 364 g/mol. The molecule has 1 aromatic rings. The van der Waals surface area contributed by atoms with Crippen LogP contribution in [-0.2, 0) is 10.1 Å². The van der Waals surface area contributed by atoms with Gasteiger partial charge in [0, 0.05) is 0 Å². The average Bonchev–Trinajstić information content (AvgIpc) is 2.82. The van der Waals surface area contributed by atoms with Crippen LogP contribution in [0.25, 0.3) is 0 Å². The van der Waals surface area contributed by atoms with Gasteiger partial charge in [-0.15, -0.1) is 0 Å². The summed E-state index contributed by atoms with van der Waals surface area (Å²) in [5.74, 6) is 0.229. The van der Waals surface area contributed by atoms with Gasteiger partial charge in [-0.05, 0) is 0 Å². The summed E-state index contributed by atoms with van der Waals surface area (Å²) in [6.45, 7) is 0.338. The summed E-state index contributed by atoms with van der Waals surface area (Å²) in [5, 5.41) is 20.5. The van der Waals surface area contributed by atoms with Crippen molar-refractivity contribution < 1.29 is 14.9 Å². The maximum atomic E-state index is 11.9. The molecule has 2 rings (SSSR count). The number of aliphatic hydroxyl groups excluding tert-OH is 2. The summed E-state index contributed by atoms with van der Waals surface area (Å²) in [7, 11) is 0. The van der Waals surface area contributed by atoms with Crippen LogP contribution in [0, 0.1) is 0 Å². The second-order valence-electron chi connectivity index (χ2n) is 4.80. The van der Waals surface area contributed by atoms with Crippen LogP contribution in [0.4, 0.5) is 5.82 Å². The first-order chi connectivity index (χ1) is 10.1. The molecule has 1 aromatic heterocycles. The number of ether oxygens (including phenoxy) is 1. The van der Waals surface area contributed by atoms with Crippen LogP contribution < -0.4 is 17.2 Å². The topological polar surface area (TPSA) is 137 Å². The number of nitrogens with zero attached hydrogens (tertiary/aromatic N) is 2. The van der Waals surface area contributed by atoms with E-state index in [9.17, 15) is 9.90 Å². The molecule has 21 heavy (non-hydrogen) atoms. The molecule has 1 saturated heterocycles. The van der Waals surface area contributed by atoms with Gasteiger partial charge in [0.05, 0.1) is 0 Å². The first-order valence-corrected chi connectivity index (χ1v) is 9.08. The van der Waals surface area contributed by atoms with Crippen LogP contribution in [-0.4, -0.2) is 60.1 Å². The van der Waals surface area contributed by atoms with E-state index in [-0.39, 0.29) is 18.8 Å². The second kappa shape index (κ2) is 7.35. The number of anilines is 1. The maximum absolute atomic E-state index is 11.9. The molecular formula is C12H20N4O4Se. The Kier molecular flexibility index (Phi) is 5.74. The molecule has 1 aliphatic heterocycles. The molecule has 2 heterocycles. The van der Waals surface area contributed by atoms with Crippen molar-refractivity contribution in [3.05, 3.63) is 22.2 Å². The Bertz CT molecular complexity index is 538. The van der Waals surface area contributed by atoms with E-state index in [1.54, 1.807) is 6.20 Å². The number of hydrogen-bond acceptors (Lipinski definition) is 7.